The molecule has 0 amide bonds. The van der Waals surface area contributed by atoms with Gasteiger partial charge in [0.05, 0.1) is 4.92 Å². The Kier molecular flexibility index (Phi) is 5.12. The second-order valence-electron chi connectivity index (χ2n) is 3.93. The quantitative estimate of drug-likeness (QED) is 0.648. The van der Waals surface area contributed by atoms with Crippen molar-refractivity contribution in [2.75, 3.05) is 6.54 Å². The zero-order valence-corrected chi connectivity index (χ0v) is 10.6. The molecule has 92 valence electrons. The molecule has 5 heteroatoms. The van der Waals surface area contributed by atoms with E-state index >= 15 is 0 Å². The monoisotopic (exact) mass is 254 g/mol. The molecule has 0 radical (unpaired) electrons. The lowest BCUT2D eigenvalue weighted by Gasteiger charge is -2.03. The van der Waals surface area contributed by atoms with Gasteiger partial charge in [-0.05, 0) is 11.6 Å². The average molecular weight is 255 g/mol. The first-order valence-electron chi connectivity index (χ1n) is 5.34. The van der Waals surface area contributed by atoms with Crippen LogP contribution in [0.4, 0.5) is 5.69 Å². The summed E-state index contributed by atoms with van der Waals surface area (Å²) in [5.74, 6) is 0. The molecule has 17 heavy (non-hydrogen) atoms. The maximum atomic E-state index is 10.6. The smallest absolute Gasteiger partial charge is 0.270 e. The van der Waals surface area contributed by atoms with Gasteiger partial charge in [0.2, 0.25) is 0 Å². The van der Waals surface area contributed by atoms with Gasteiger partial charge < -0.3 is 5.32 Å². The van der Waals surface area contributed by atoms with Gasteiger partial charge in [0.25, 0.3) is 5.69 Å². The molecule has 0 spiro atoms. The number of nitrogens with one attached hydrogen (secondary N) is 1. The Morgan fingerprint density at radius 1 is 1.53 bits per heavy atom. The highest BCUT2D eigenvalue weighted by Crippen LogP contribution is 2.22. The van der Waals surface area contributed by atoms with Crippen LogP contribution >= 0.6 is 11.6 Å². The Labute approximate surface area is 105 Å². The van der Waals surface area contributed by atoms with E-state index in [4.69, 9.17) is 11.6 Å². The van der Waals surface area contributed by atoms with Crippen molar-refractivity contribution < 1.29 is 4.92 Å². The summed E-state index contributed by atoms with van der Waals surface area (Å²) in [5.41, 5.74) is 0.706. The molecular weight excluding hydrogens is 240 g/mol. The van der Waals surface area contributed by atoms with Crippen LogP contribution in [0.3, 0.4) is 0 Å². The number of non-ortho nitro benzene ring substituents is 1. The molecule has 0 fully saturated rings. The number of halogens is 1. The number of benzene rings is 1. The summed E-state index contributed by atoms with van der Waals surface area (Å²) in [4.78, 5) is 10.2. The van der Waals surface area contributed by atoms with E-state index in [1.165, 1.54) is 18.2 Å². The van der Waals surface area contributed by atoms with Crippen LogP contribution in [-0.4, -0.2) is 17.5 Å². The molecule has 0 unspecified atom stereocenters. The lowest BCUT2D eigenvalue weighted by atomic mass is 10.2. The van der Waals surface area contributed by atoms with Crippen molar-refractivity contribution in [2.45, 2.75) is 19.9 Å². The molecule has 0 saturated carbocycles. The van der Waals surface area contributed by atoms with E-state index < -0.39 is 4.92 Å². The van der Waals surface area contributed by atoms with E-state index in [0.717, 1.165) is 0 Å². The zero-order chi connectivity index (χ0) is 12.8. The molecule has 0 atom stereocenters. The van der Waals surface area contributed by atoms with Crippen LogP contribution in [0.2, 0.25) is 5.02 Å². The first kappa shape index (κ1) is 13.7. The summed E-state index contributed by atoms with van der Waals surface area (Å²) in [7, 11) is 0. The van der Waals surface area contributed by atoms with Gasteiger partial charge in [-0.1, -0.05) is 37.6 Å². The molecule has 0 aliphatic carbocycles. The van der Waals surface area contributed by atoms with Gasteiger partial charge in [-0.2, -0.15) is 0 Å². The second-order valence-corrected chi connectivity index (χ2v) is 4.34. The topological polar surface area (TPSA) is 55.2 Å². The number of nitrogens with zero attached hydrogens (tertiary/aromatic N) is 1. The molecule has 1 N–H and O–H groups in total. The average Bonchev–Trinajstić information content (AvgIpc) is 2.25. The van der Waals surface area contributed by atoms with E-state index in [0.29, 0.717) is 23.2 Å². The third kappa shape index (κ3) is 4.54. The summed E-state index contributed by atoms with van der Waals surface area (Å²) in [5, 5.41) is 14.3. The Hall–Kier alpha value is -1.39. The van der Waals surface area contributed by atoms with E-state index in [9.17, 15) is 10.1 Å². The summed E-state index contributed by atoms with van der Waals surface area (Å²) < 4.78 is 0. The first-order valence-corrected chi connectivity index (χ1v) is 5.72. The highest BCUT2D eigenvalue weighted by molar-refractivity contribution is 6.32. The Morgan fingerprint density at radius 3 is 2.82 bits per heavy atom. The lowest BCUT2D eigenvalue weighted by Crippen LogP contribution is -2.22. The molecule has 0 heterocycles. The van der Waals surface area contributed by atoms with Crippen molar-refractivity contribution >= 4 is 23.4 Å². The molecule has 1 aromatic rings. The zero-order valence-electron chi connectivity index (χ0n) is 9.81. The molecule has 0 aromatic heterocycles. The van der Waals surface area contributed by atoms with E-state index in [-0.39, 0.29) is 5.69 Å². The standard InChI is InChI=1S/C12H15ClN2O2/c1-9(2)14-7-3-4-10-8-11(15(16)17)5-6-12(10)13/h3-6,8-9,14H,7H2,1-2H3. The summed E-state index contributed by atoms with van der Waals surface area (Å²) in [6.07, 6.45) is 3.68. The normalized spacial score (nSPS) is 11.3. The Balaban J connectivity index is 2.75. The van der Waals surface area contributed by atoms with Gasteiger partial charge in [0.1, 0.15) is 0 Å². The van der Waals surface area contributed by atoms with Crippen molar-refractivity contribution in [3.63, 3.8) is 0 Å². The number of nitro benzene ring substituents is 1. The molecule has 0 aliphatic rings. The minimum absolute atomic E-state index is 0.0471. The van der Waals surface area contributed by atoms with E-state index in [1.54, 1.807) is 6.08 Å². The van der Waals surface area contributed by atoms with E-state index in [2.05, 4.69) is 5.32 Å². The van der Waals surface area contributed by atoms with Crippen molar-refractivity contribution in [2.24, 2.45) is 0 Å². The van der Waals surface area contributed by atoms with Crippen molar-refractivity contribution in [1.82, 2.24) is 5.32 Å². The van der Waals surface area contributed by atoms with Crippen LogP contribution in [0, 0.1) is 10.1 Å². The van der Waals surface area contributed by atoms with Gasteiger partial charge in [-0.3, -0.25) is 10.1 Å². The summed E-state index contributed by atoms with van der Waals surface area (Å²) in [6.45, 7) is 4.80. The van der Waals surface area contributed by atoms with Gasteiger partial charge in [0, 0.05) is 29.7 Å². The van der Waals surface area contributed by atoms with E-state index in [1.807, 2.05) is 19.9 Å². The predicted octanol–water partition coefficient (Wildman–Crippen LogP) is 3.26. The molecule has 1 rings (SSSR count). The maximum Gasteiger partial charge on any atom is 0.270 e. The number of hydrogen-bond donors (Lipinski definition) is 1. The minimum atomic E-state index is -0.431. The lowest BCUT2D eigenvalue weighted by molar-refractivity contribution is -0.384. The highest BCUT2D eigenvalue weighted by atomic mass is 35.5. The Morgan fingerprint density at radius 2 is 2.24 bits per heavy atom. The van der Waals surface area contributed by atoms with Crippen LogP contribution in [-0.2, 0) is 0 Å². The highest BCUT2D eigenvalue weighted by Gasteiger charge is 2.07. The van der Waals surface area contributed by atoms with Gasteiger partial charge >= 0.3 is 0 Å². The summed E-state index contributed by atoms with van der Waals surface area (Å²) in [6, 6.07) is 4.80. The molecule has 1 aromatic carbocycles. The van der Waals surface area contributed by atoms with Crippen LogP contribution in [0.1, 0.15) is 19.4 Å². The van der Waals surface area contributed by atoms with Crippen LogP contribution in [0.5, 0.6) is 0 Å². The molecule has 0 aliphatic heterocycles. The molecular formula is C12H15ClN2O2. The fraction of sp³-hybridized carbons (Fsp3) is 0.333. The van der Waals surface area contributed by atoms with Crippen LogP contribution < -0.4 is 5.32 Å². The SMILES string of the molecule is CC(C)NCC=Cc1cc([N+](=O)[O-])ccc1Cl. The first-order chi connectivity index (χ1) is 8.00. The molecule has 4 nitrogen and oxygen atoms in total. The third-order valence-electron chi connectivity index (χ3n) is 2.13. The van der Waals surface area contributed by atoms with Crippen molar-refractivity contribution in [1.29, 1.82) is 0 Å². The number of hydrogen-bond acceptors (Lipinski definition) is 3. The number of rotatable bonds is 5. The minimum Gasteiger partial charge on any atom is -0.311 e. The van der Waals surface area contributed by atoms with Gasteiger partial charge in [-0.15, -0.1) is 0 Å². The second kappa shape index (κ2) is 6.37. The van der Waals surface area contributed by atoms with Gasteiger partial charge in [-0.25, -0.2) is 0 Å². The third-order valence-corrected chi connectivity index (χ3v) is 2.48. The van der Waals surface area contributed by atoms with Gasteiger partial charge in [0.15, 0.2) is 0 Å². The number of nitro groups is 1. The van der Waals surface area contributed by atoms with Crippen LogP contribution in [0.15, 0.2) is 24.3 Å². The molecule has 0 saturated heterocycles. The Bertz CT molecular complexity index is 431. The predicted molar refractivity (Wildman–Crippen MR) is 70.3 cm³/mol. The van der Waals surface area contributed by atoms with Crippen LogP contribution in [0.25, 0.3) is 6.08 Å². The fourth-order valence-electron chi connectivity index (χ4n) is 1.26. The van der Waals surface area contributed by atoms with Crippen molar-refractivity contribution in [3.05, 3.63) is 45.0 Å². The largest absolute Gasteiger partial charge is 0.311 e. The van der Waals surface area contributed by atoms with Crippen molar-refractivity contribution in [3.8, 4) is 0 Å². The molecule has 0 bridgehead atoms. The maximum absolute atomic E-state index is 10.6. The summed E-state index contributed by atoms with van der Waals surface area (Å²) >= 11 is 5.95. The fourth-order valence-corrected chi connectivity index (χ4v) is 1.44.